The van der Waals surface area contributed by atoms with E-state index >= 15 is 0 Å². The molecule has 1 amide bonds. The van der Waals surface area contributed by atoms with Gasteiger partial charge < -0.3 is 4.52 Å². The third-order valence-corrected chi connectivity index (χ3v) is 5.65. The molecule has 0 saturated carbocycles. The molecule has 7 heteroatoms. The van der Waals surface area contributed by atoms with Crippen LogP contribution in [0.5, 0.6) is 0 Å². The van der Waals surface area contributed by atoms with E-state index in [1.807, 2.05) is 72.8 Å². The van der Waals surface area contributed by atoms with Crippen molar-refractivity contribution in [3.63, 3.8) is 0 Å². The van der Waals surface area contributed by atoms with Crippen molar-refractivity contribution in [2.75, 3.05) is 4.90 Å². The number of hydrogen-bond donors (Lipinski definition) is 0. The van der Waals surface area contributed by atoms with Gasteiger partial charge in [0.05, 0.1) is 22.5 Å². The number of para-hydroxylation sites is 1. The van der Waals surface area contributed by atoms with Gasteiger partial charge in [-0.05, 0) is 24.3 Å². The van der Waals surface area contributed by atoms with Crippen LogP contribution in [0.2, 0.25) is 0 Å². The van der Waals surface area contributed by atoms with Crippen molar-refractivity contribution in [3.05, 3.63) is 96.4 Å². The number of carbonyl (C=O) groups is 1. The van der Waals surface area contributed by atoms with Gasteiger partial charge in [-0.25, -0.2) is 4.98 Å². The Bertz CT molecular complexity index is 1270. The number of amides is 1. The molecule has 0 aliphatic heterocycles. The highest BCUT2D eigenvalue weighted by Gasteiger charge is 2.25. The van der Waals surface area contributed by atoms with Gasteiger partial charge in [0.1, 0.15) is 0 Å². The molecule has 5 aromatic rings. The summed E-state index contributed by atoms with van der Waals surface area (Å²) in [5, 5.41) is 4.62. The molecule has 5 rings (SSSR count). The zero-order chi connectivity index (χ0) is 20.3. The van der Waals surface area contributed by atoms with Crippen molar-refractivity contribution in [1.82, 2.24) is 15.1 Å². The van der Waals surface area contributed by atoms with E-state index in [4.69, 9.17) is 4.52 Å². The minimum absolute atomic E-state index is 0.226. The van der Waals surface area contributed by atoms with Crippen LogP contribution in [-0.4, -0.2) is 21.0 Å². The lowest BCUT2D eigenvalue weighted by Gasteiger charge is -2.18. The van der Waals surface area contributed by atoms with Gasteiger partial charge in [0, 0.05) is 17.8 Å². The number of hydrogen-bond acceptors (Lipinski definition) is 6. The van der Waals surface area contributed by atoms with Crippen molar-refractivity contribution in [3.8, 4) is 11.3 Å². The molecule has 6 nitrogen and oxygen atoms in total. The number of pyridine rings is 1. The largest absolute Gasteiger partial charge is 0.355 e. The molecule has 0 N–H and O–H groups in total. The molecule has 0 atom stereocenters. The number of aromatic nitrogens is 3. The molecule has 0 unspecified atom stereocenters. The summed E-state index contributed by atoms with van der Waals surface area (Å²) in [4.78, 5) is 24.0. The Labute approximate surface area is 176 Å². The highest BCUT2D eigenvalue weighted by Crippen LogP contribution is 2.31. The molecule has 3 heterocycles. The summed E-state index contributed by atoms with van der Waals surface area (Å²) in [6.07, 6.45) is 1.71. The molecule has 0 bridgehead atoms. The highest BCUT2D eigenvalue weighted by atomic mass is 32.1. The predicted molar refractivity (Wildman–Crippen MR) is 116 cm³/mol. The first kappa shape index (κ1) is 18.2. The number of thiazole rings is 1. The zero-order valence-corrected chi connectivity index (χ0v) is 16.6. The molecule has 146 valence electrons. The van der Waals surface area contributed by atoms with Crippen LogP contribution in [0.3, 0.4) is 0 Å². The first-order valence-corrected chi connectivity index (χ1v) is 10.2. The minimum Gasteiger partial charge on any atom is -0.355 e. The number of carbonyl (C=O) groups excluding carboxylic acids is 1. The number of anilines is 1. The summed E-state index contributed by atoms with van der Waals surface area (Å²) in [5.41, 5.74) is 2.70. The Hall–Kier alpha value is -3.84. The molecule has 0 spiro atoms. The number of fused-ring (bicyclic) bond motifs is 1. The van der Waals surface area contributed by atoms with Gasteiger partial charge in [0.2, 0.25) is 0 Å². The maximum atomic E-state index is 13.4. The quantitative estimate of drug-likeness (QED) is 0.397. The fourth-order valence-electron chi connectivity index (χ4n) is 3.11. The van der Waals surface area contributed by atoms with Crippen LogP contribution in [0.25, 0.3) is 21.5 Å². The smallest absolute Gasteiger partial charge is 0.282 e. The second-order valence-electron chi connectivity index (χ2n) is 6.62. The van der Waals surface area contributed by atoms with Gasteiger partial charge in [-0.15, -0.1) is 0 Å². The van der Waals surface area contributed by atoms with Gasteiger partial charge in [0.15, 0.2) is 16.6 Å². The van der Waals surface area contributed by atoms with E-state index < -0.39 is 0 Å². The SMILES string of the molecule is O=C(c1cc(-c2ccccc2)on1)N(Cc1ccccn1)c1nc2ccccc2s1. The topological polar surface area (TPSA) is 72.1 Å². The Morgan fingerprint density at radius 3 is 2.57 bits per heavy atom. The molecule has 30 heavy (non-hydrogen) atoms. The summed E-state index contributed by atoms with van der Waals surface area (Å²) >= 11 is 1.46. The third-order valence-electron chi connectivity index (χ3n) is 4.59. The predicted octanol–water partition coefficient (Wildman–Crippen LogP) is 5.19. The van der Waals surface area contributed by atoms with Gasteiger partial charge >= 0.3 is 0 Å². The van der Waals surface area contributed by atoms with Crippen LogP contribution in [0.4, 0.5) is 5.13 Å². The lowest BCUT2D eigenvalue weighted by atomic mass is 10.1. The van der Waals surface area contributed by atoms with Gasteiger partial charge in [0.25, 0.3) is 5.91 Å². The highest BCUT2D eigenvalue weighted by molar-refractivity contribution is 7.22. The average Bonchev–Trinajstić information content (AvgIpc) is 3.46. The van der Waals surface area contributed by atoms with E-state index in [1.54, 1.807) is 17.2 Å². The fourth-order valence-corrected chi connectivity index (χ4v) is 4.07. The van der Waals surface area contributed by atoms with Crippen LogP contribution >= 0.6 is 11.3 Å². The van der Waals surface area contributed by atoms with E-state index in [-0.39, 0.29) is 18.1 Å². The summed E-state index contributed by atoms with van der Waals surface area (Å²) in [6.45, 7) is 0.285. The Balaban J connectivity index is 1.52. The van der Waals surface area contributed by atoms with Crippen molar-refractivity contribution in [2.45, 2.75) is 6.54 Å². The van der Waals surface area contributed by atoms with Crippen molar-refractivity contribution < 1.29 is 9.32 Å². The number of benzene rings is 2. The molecule has 2 aromatic carbocycles. The Kier molecular flexibility index (Phi) is 4.78. The summed E-state index contributed by atoms with van der Waals surface area (Å²) in [7, 11) is 0. The maximum Gasteiger partial charge on any atom is 0.282 e. The standard InChI is InChI=1S/C23H16N4O2S/c28-22(19-14-20(29-26-19)16-8-2-1-3-9-16)27(15-17-10-6-7-13-24-17)23-25-18-11-4-5-12-21(18)30-23/h1-14H,15H2. The second kappa shape index (κ2) is 7.88. The van der Waals surface area contributed by atoms with Crippen molar-refractivity contribution in [1.29, 1.82) is 0 Å². The lowest BCUT2D eigenvalue weighted by molar-refractivity contribution is 0.0976. The maximum absolute atomic E-state index is 13.4. The molecule has 0 aliphatic carbocycles. The van der Waals surface area contributed by atoms with Crippen LogP contribution in [0.15, 0.2) is 89.6 Å². The molecular formula is C23H16N4O2S. The first-order chi connectivity index (χ1) is 14.8. The van der Waals surface area contributed by atoms with Crippen LogP contribution in [0.1, 0.15) is 16.2 Å². The average molecular weight is 412 g/mol. The minimum atomic E-state index is -0.286. The van der Waals surface area contributed by atoms with E-state index in [1.165, 1.54) is 11.3 Å². The molecule has 0 fully saturated rings. The van der Waals surface area contributed by atoms with Gasteiger partial charge in [-0.1, -0.05) is 65.0 Å². The summed E-state index contributed by atoms with van der Waals surface area (Å²) in [6, 6.07) is 24.7. The van der Waals surface area contributed by atoms with E-state index in [0.717, 1.165) is 21.5 Å². The van der Waals surface area contributed by atoms with Crippen molar-refractivity contribution in [2.24, 2.45) is 0 Å². The second-order valence-corrected chi connectivity index (χ2v) is 7.63. The molecule has 0 radical (unpaired) electrons. The monoisotopic (exact) mass is 412 g/mol. The third kappa shape index (κ3) is 3.58. The van der Waals surface area contributed by atoms with E-state index in [2.05, 4.69) is 15.1 Å². The normalized spacial score (nSPS) is 10.9. The lowest BCUT2D eigenvalue weighted by Crippen LogP contribution is -2.31. The molecule has 0 saturated heterocycles. The number of rotatable bonds is 5. The summed E-state index contributed by atoms with van der Waals surface area (Å²) in [5.74, 6) is 0.256. The number of nitrogens with zero attached hydrogens (tertiary/aromatic N) is 4. The first-order valence-electron chi connectivity index (χ1n) is 9.37. The summed E-state index contributed by atoms with van der Waals surface area (Å²) < 4.78 is 6.45. The Morgan fingerprint density at radius 2 is 1.77 bits per heavy atom. The fraction of sp³-hybridized carbons (Fsp3) is 0.0435. The molecule has 3 aromatic heterocycles. The van der Waals surface area contributed by atoms with Crippen LogP contribution in [0, 0.1) is 0 Å². The van der Waals surface area contributed by atoms with Crippen LogP contribution in [-0.2, 0) is 6.54 Å². The Morgan fingerprint density at radius 1 is 0.967 bits per heavy atom. The van der Waals surface area contributed by atoms with Crippen LogP contribution < -0.4 is 4.90 Å². The molecular weight excluding hydrogens is 396 g/mol. The van der Waals surface area contributed by atoms with E-state index in [9.17, 15) is 4.79 Å². The van der Waals surface area contributed by atoms with E-state index in [0.29, 0.717) is 10.9 Å². The zero-order valence-electron chi connectivity index (χ0n) is 15.8. The van der Waals surface area contributed by atoms with Gasteiger partial charge in [-0.3, -0.25) is 14.7 Å². The molecule has 0 aliphatic rings. The van der Waals surface area contributed by atoms with Crippen molar-refractivity contribution >= 4 is 32.6 Å². The van der Waals surface area contributed by atoms with Gasteiger partial charge in [-0.2, -0.15) is 0 Å².